The number of anilines is 2. The van der Waals surface area contributed by atoms with Crippen LogP contribution in [-0.2, 0) is 4.79 Å². The number of nitrogens with zero attached hydrogens (tertiary/aromatic N) is 2. The number of para-hydroxylation sites is 1. The monoisotopic (exact) mass is 429 g/mol. The molecule has 0 radical (unpaired) electrons. The third-order valence-electron chi connectivity index (χ3n) is 7.73. The van der Waals surface area contributed by atoms with Gasteiger partial charge in [0, 0.05) is 31.6 Å². The van der Waals surface area contributed by atoms with E-state index in [-0.39, 0.29) is 11.7 Å². The summed E-state index contributed by atoms with van der Waals surface area (Å²) in [6.45, 7) is 4.12. The summed E-state index contributed by atoms with van der Waals surface area (Å²) in [5.41, 5.74) is 6.73. The van der Waals surface area contributed by atoms with Crippen LogP contribution < -0.4 is 36.8 Å². The van der Waals surface area contributed by atoms with Crippen LogP contribution in [0.4, 0.5) is 15.8 Å². The molecule has 5 nitrogen and oxygen atoms in total. The van der Waals surface area contributed by atoms with Crippen molar-refractivity contribution in [3.63, 3.8) is 0 Å². The van der Waals surface area contributed by atoms with Crippen molar-refractivity contribution in [1.82, 2.24) is 4.90 Å². The fourth-order valence-corrected chi connectivity index (χ4v) is 5.79. The molecule has 3 aliphatic heterocycles. The highest BCUT2D eigenvalue weighted by molar-refractivity contribution is 6.57. The highest BCUT2D eigenvalue weighted by Crippen LogP contribution is 2.49. The first-order valence-corrected chi connectivity index (χ1v) is 11.7. The predicted molar refractivity (Wildman–Crippen MR) is 139 cm³/mol. The van der Waals surface area contributed by atoms with Gasteiger partial charge < -0.3 is 19.9 Å². The van der Waals surface area contributed by atoms with Crippen LogP contribution in [0.15, 0.2) is 18.2 Å². The van der Waals surface area contributed by atoms with E-state index in [0.717, 1.165) is 54.8 Å². The molecule has 1 saturated heterocycles. The number of hydrogen-bond donors (Lipinski definition) is 1. The van der Waals surface area contributed by atoms with Crippen LogP contribution in [0.1, 0.15) is 24.3 Å². The van der Waals surface area contributed by atoms with Gasteiger partial charge in [-0.05, 0) is 24.5 Å². The molecule has 3 aliphatic rings. The zero-order valence-electron chi connectivity index (χ0n) is 19.4. The second-order valence-corrected chi connectivity index (χ2v) is 9.53. The fraction of sp³-hybridized carbons (Fsp3) is 0.409. The number of rotatable bonds is 5. The fourth-order valence-electron chi connectivity index (χ4n) is 5.79. The van der Waals surface area contributed by atoms with Crippen molar-refractivity contribution >= 4 is 70.5 Å². The highest BCUT2D eigenvalue weighted by atomic mass is 19.1. The van der Waals surface area contributed by atoms with Crippen molar-refractivity contribution < 1.29 is 13.9 Å². The van der Waals surface area contributed by atoms with Crippen LogP contribution in [0.25, 0.3) is 0 Å². The number of amides is 1. The lowest BCUT2D eigenvalue weighted by atomic mass is 9.69. The molecule has 0 saturated carbocycles. The zero-order chi connectivity index (χ0) is 22.6. The minimum atomic E-state index is -0.120. The molecule has 1 unspecified atom stereocenters. The van der Waals surface area contributed by atoms with E-state index in [1.54, 1.807) is 0 Å². The highest BCUT2D eigenvalue weighted by Gasteiger charge is 2.45. The number of fused-ring (bicyclic) bond motifs is 3. The molecule has 0 bridgehead atoms. The molecule has 3 heterocycles. The van der Waals surface area contributed by atoms with Gasteiger partial charge in [-0.25, -0.2) is 4.39 Å². The van der Waals surface area contributed by atoms with Gasteiger partial charge in [0.1, 0.15) is 43.0 Å². The van der Waals surface area contributed by atoms with E-state index in [1.807, 2.05) is 37.5 Å². The summed E-state index contributed by atoms with van der Waals surface area (Å²) < 4.78 is 20.4. The molecule has 2 aromatic rings. The summed E-state index contributed by atoms with van der Waals surface area (Å²) in [7, 11) is 7.52. The Balaban J connectivity index is 1.22. The molecule has 0 aliphatic carbocycles. The average molecular weight is 429 g/mol. The van der Waals surface area contributed by atoms with Crippen LogP contribution >= 0.6 is 0 Å². The quantitative estimate of drug-likeness (QED) is 0.393. The molecule has 1 fully saturated rings. The Hall–Kier alpha value is -2.34. The number of hydrogen-bond acceptors (Lipinski definition) is 4. The molecule has 32 heavy (non-hydrogen) atoms. The molecule has 1 amide bonds. The Morgan fingerprint density at radius 2 is 1.88 bits per heavy atom. The summed E-state index contributed by atoms with van der Waals surface area (Å²) in [4.78, 5) is 17.0. The number of ether oxygens (including phenoxy) is 1. The SMILES string of the molecule is Bc1c(B)c(OCCCN2CCC3[C@@H](C2)c2cccc4c2N3CC(=O)N4)c(B)c(B)c1F. The van der Waals surface area contributed by atoms with E-state index < -0.39 is 0 Å². The predicted octanol–water partition coefficient (Wildman–Crippen LogP) is -3.74. The molecule has 0 aromatic heterocycles. The van der Waals surface area contributed by atoms with Gasteiger partial charge >= 0.3 is 0 Å². The van der Waals surface area contributed by atoms with E-state index in [1.165, 1.54) is 11.3 Å². The molecular formula is C22H28B4FN3O2. The van der Waals surface area contributed by atoms with E-state index in [4.69, 9.17) is 4.74 Å². The van der Waals surface area contributed by atoms with Gasteiger partial charge in [-0.15, -0.1) is 0 Å². The van der Waals surface area contributed by atoms with Gasteiger partial charge in [-0.1, -0.05) is 34.0 Å². The normalized spacial score (nSPS) is 21.8. The zero-order valence-corrected chi connectivity index (χ0v) is 19.4. The van der Waals surface area contributed by atoms with Crippen molar-refractivity contribution in [2.45, 2.75) is 24.8 Å². The lowest BCUT2D eigenvalue weighted by Crippen LogP contribution is -2.49. The Labute approximate surface area is 192 Å². The lowest BCUT2D eigenvalue weighted by Gasteiger charge is -2.39. The maximum atomic E-state index is 14.3. The number of halogens is 1. The first kappa shape index (κ1) is 21.5. The maximum Gasteiger partial charge on any atom is 0.243 e. The van der Waals surface area contributed by atoms with E-state index in [0.29, 0.717) is 36.0 Å². The first-order chi connectivity index (χ1) is 15.4. The molecule has 5 rings (SSSR count). The number of nitrogens with one attached hydrogen (secondary N) is 1. The molecule has 162 valence electrons. The van der Waals surface area contributed by atoms with Crippen LogP contribution in [0.5, 0.6) is 5.75 Å². The second kappa shape index (κ2) is 8.22. The van der Waals surface area contributed by atoms with Crippen LogP contribution in [0.3, 0.4) is 0 Å². The largest absolute Gasteiger partial charge is 0.495 e. The minimum absolute atomic E-state index is 0.0896. The molecule has 0 spiro atoms. The Morgan fingerprint density at radius 3 is 2.62 bits per heavy atom. The van der Waals surface area contributed by atoms with Gasteiger partial charge in [-0.3, -0.25) is 4.79 Å². The van der Waals surface area contributed by atoms with Gasteiger partial charge in [-0.2, -0.15) is 0 Å². The topological polar surface area (TPSA) is 44.8 Å². The Bertz CT molecular complexity index is 1070. The summed E-state index contributed by atoms with van der Waals surface area (Å²) in [5, 5.41) is 3.04. The third-order valence-corrected chi connectivity index (χ3v) is 7.73. The number of piperidine rings is 1. The lowest BCUT2D eigenvalue weighted by molar-refractivity contribution is -0.115. The molecule has 10 heteroatoms. The summed E-state index contributed by atoms with van der Waals surface area (Å²) in [6, 6.07) is 6.72. The van der Waals surface area contributed by atoms with Gasteiger partial charge in [0.2, 0.25) is 5.91 Å². The number of carbonyl (C=O) groups is 1. The van der Waals surface area contributed by atoms with Crippen molar-refractivity contribution in [3.05, 3.63) is 29.6 Å². The van der Waals surface area contributed by atoms with Gasteiger partial charge in [0.25, 0.3) is 0 Å². The molecule has 2 atom stereocenters. The standard InChI is InChI=1S/C22H28B4FN3O2/c23-16-18(25)22(19(26)17(24)20(16)27)32-8-2-6-29-7-5-14-12(9-29)11-3-1-4-13-21(11)30(14)10-15(31)28-13/h1,3-4,12,14H,2,5-10,23-26H2,(H,28,31)/t12-,14?/m0/s1. The third kappa shape index (κ3) is 3.43. The van der Waals surface area contributed by atoms with Crippen molar-refractivity contribution in [3.8, 4) is 5.75 Å². The van der Waals surface area contributed by atoms with Crippen LogP contribution in [0.2, 0.25) is 0 Å². The molecule has 2 aromatic carbocycles. The smallest absolute Gasteiger partial charge is 0.243 e. The summed E-state index contributed by atoms with van der Waals surface area (Å²) in [6.07, 6.45) is 2.00. The summed E-state index contributed by atoms with van der Waals surface area (Å²) in [5.74, 6) is 1.25. The van der Waals surface area contributed by atoms with E-state index in [2.05, 4.69) is 27.2 Å². The maximum absolute atomic E-state index is 14.3. The molecule has 1 N–H and O–H groups in total. The van der Waals surface area contributed by atoms with Crippen LogP contribution in [-0.4, -0.2) is 81.0 Å². The van der Waals surface area contributed by atoms with E-state index in [9.17, 15) is 9.18 Å². The van der Waals surface area contributed by atoms with Crippen molar-refractivity contribution in [2.75, 3.05) is 43.0 Å². The van der Waals surface area contributed by atoms with Gasteiger partial charge in [0.15, 0.2) is 0 Å². The summed E-state index contributed by atoms with van der Waals surface area (Å²) >= 11 is 0. The van der Waals surface area contributed by atoms with Crippen LogP contribution in [0, 0.1) is 5.82 Å². The Morgan fingerprint density at radius 1 is 1.12 bits per heavy atom. The van der Waals surface area contributed by atoms with Crippen molar-refractivity contribution in [1.29, 1.82) is 0 Å². The van der Waals surface area contributed by atoms with E-state index >= 15 is 0 Å². The van der Waals surface area contributed by atoms with Gasteiger partial charge in [0.05, 0.1) is 24.5 Å². The number of benzene rings is 2. The van der Waals surface area contributed by atoms with Crippen molar-refractivity contribution in [2.24, 2.45) is 0 Å². The molecular weight excluding hydrogens is 401 g/mol. The Kier molecular flexibility index (Phi) is 5.52. The first-order valence-electron chi connectivity index (χ1n) is 11.7. The average Bonchev–Trinajstić information content (AvgIpc) is 3.10. The minimum Gasteiger partial charge on any atom is -0.495 e. The number of carbonyl (C=O) groups excluding carboxylic acids is 1. The number of likely N-dealkylation sites (tertiary alicyclic amines) is 1. The second-order valence-electron chi connectivity index (χ2n) is 9.53.